The van der Waals surface area contributed by atoms with Crippen LogP contribution >= 0.6 is 11.8 Å². The maximum atomic E-state index is 10.9. The molecule has 1 saturated heterocycles. The fourth-order valence-corrected chi connectivity index (χ4v) is 3.73. The molecule has 0 aromatic heterocycles. The van der Waals surface area contributed by atoms with Gasteiger partial charge in [-0.3, -0.25) is 4.99 Å². The first-order valence-electron chi connectivity index (χ1n) is 6.98. The molecule has 1 heterocycles. The van der Waals surface area contributed by atoms with Crippen LogP contribution in [0.4, 0.5) is 0 Å². The van der Waals surface area contributed by atoms with E-state index in [0.29, 0.717) is 11.8 Å². The molecule has 0 saturated carbocycles. The van der Waals surface area contributed by atoms with Crippen molar-refractivity contribution in [2.75, 3.05) is 45.2 Å². The highest BCUT2D eigenvalue weighted by molar-refractivity contribution is 8.00. The second-order valence-corrected chi connectivity index (χ2v) is 8.08. The largest absolute Gasteiger partial charge is 0.356 e. The molecule has 0 aliphatic carbocycles. The van der Waals surface area contributed by atoms with Gasteiger partial charge in [-0.05, 0) is 12.8 Å². The Labute approximate surface area is 126 Å². The van der Waals surface area contributed by atoms with Gasteiger partial charge in [-0.15, -0.1) is 0 Å². The molecule has 0 radical (unpaired) electrons. The molecule has 1 aliphatic rings. The van der Waals surface area contributed by atoms with Crippen LogP contribution in [0.5, 0.6) is 0 Å². The van der Waals surface area contributed by atoms with Crippen LogP contribution in [0.25, 0.3) is 0 Å². The Morgan fingerprint density at radius 3 is 2.80 bits per heavy atom. The number of nitrogens with one attached hydrogen (secondary N) is 2. The summed E-state index contributed by atoms with van der Waals surface area (Å²) in [7, 11) is -1.29. The molecule has 6 nitrogen and oxygen atoms in total. The van der Waals surface area contributed by atoms with Crippen molar-refractivity contribution < 1.29 is 8.42 Å². The first kappa shape index (κ1) is 17.6. The van der Waals surface area contributed by atoms with Gasteiger partial charge in [-0.25, -0.2) is 13.1 Å². The topological polar surface area (TPSA) is 73.8 Å². The molecule has 118 valence electrons. The van der Waals surface area contributed by atoms with Crippen LogP contribution in [0.15, 0.2) is 4.99 Å². The average Bonchev–Trinajstić information content (AvgIpc) is 2.41. The average molecular weight is 323 g/mol. The van der Waals surface area contributed by atoms with Crippen LogP contribution in [0.1, 0.15) is 19.8 Å². The summed E-state index contributed by atoms with van der Waals surface area (Å²) in [6.07, 6.45) is 3.10. The zero-order valence-electron chi connectivity index (χ0n) is 12.6. The highest BCUT2D eigenvalue weighted by atomic mass is 32.2. The van der Waals surface area contributed by atoms with E-state index in [1.165, 1.54) is 12.7 Å². The van der Waals surface area contributed by atoms with Gasteiger partial charge in [0, 0.05) is 44.2 Å². The van der Waals surface area contributed by atoms with Crippen molar-refractivity contribution in [1.82, 2.24) is 14.9 Å². The summed E-state index contributed by atoms with van der Waals surface area (Å²) in [6.45, 7) is 5.44. The summed E-state index contributed by atoms with van der Waals surface area (Å²) in [4.78, 5) is 6.60. The minimum Gasteiger partial charge on any atom is -0.356 e. The number of nitrogens with zero attached hydrogens (tertiary/aromatic N) is 2. The Kier molecular flexibility index (Phi) is 7.68. The van der Waals surface area contributed by atoms with E-state index in [1.54, 1.807) is 7.05 Å². The van der Waals surface area contributed by atoms with Crippen LogP contribution < -0.4 is 10.0 Å². The van der Waals surface area contributed by atoms with E-state index in [0.717, 1.165) is 37.8 Å². The standard InChI is InChI=1S/C12H26N4O2S2/c1-4-11-10-16(8-9-19-11)12(13-2)14-6-5-7-15-20(3,17)18/h11,15H,4-10H2,1-3H3,(H,13,14). The molecule has 0 aromatic rings. The van der Waals surface area contributed by atoms with E-state index in [4.69, 9.17) is 0 Å². The minimum absolute atomic E-state index is 0.455. The van der Waals surface area contributed by atoms with Crippen LogP contribution in [0.2, 0.25) is 0 Å². The number of aliphatic imine (C=N–C) groups is 1. The molecule has 8 heteroatoms. The molecule has 0 spiro atoms. The fraction of sp³-hybridized carbons (Fsp3) is 0.917. The van der Waals surface area contributed by atoms with Crippen molar-refractivity contribution in [3.63, 3.8) is 0 Å². The smallest absolute Gasteiger partial charge is 0.208 e. The first-order chi connectivity index (χ1) is 9.46. The highest BCUT2D eigenvalue weighted by Crippen LogP contribution is 2.20. The predicted molar refractivity (Wildman–Crippen MR) is 86.9 cm³/mol. The molecular formula is C12H26N4O2S2. The van der Waals surface area contributed by atoms with Gasteiger partial charge in [0.25, 0.3) is 0 Å². The van der Waals surface area contributed by atoms with Crippen molar-refractivity contribution in [2.45, 2.75) is 25.0 Å². The molecule has 20 heavy (non-hydrogen) atoms. The zero-order chi connectivity index (χ0) is 15.0. The number of guanidine groups is 1. The number of thioether (sulfide) groups is 1. The summed E-state index contributed by atoms with van der Waals surface area (Å²) in [5.41, 5.74) is 0. The summed E-state index contributed by atoms with van der Waals surface area (Å²) < 4.78 is 24.4. The first-order valence-corrected chi connectivity index (χ1v) is 9.92. The lowest BCUT2D eigenvalue weighted by Gasteiger charge is -2.34. The Hall–Kier alpha value is -0.470. The summed E-state index contributed by atoms with van der Waals surface area (Å²) in [5, 5.41) is 3.98. The second kappa shape index (κ2) is 8.74. The normalized spacial score (nSPS) is 21.1. The van der Waals surface area contributed by atoms with Gasteiger partial charge < -0.3 is 10.2 Å². The molecule has 1 unspecified atom stereocenters. The molecule has 1 aliphatic heterocycles. The maximum Gasteiger partial charge on any atom is 0.208 e. The third-order valence-corrected chi connectivity index (χ3v) is 5.21. The van der Waals surface area contributed by atoms with Crippen LogP contribution in [0, 0.1) is 0 Å². The van der Waals surface area contributed by atoms with Gasteiger partial charge in [0.1, 0.15) is 0 Å². The van der Waals surface area contributed by atoms with E-state index in [1.807, 2.05) is 11.8 Å². The van der Waals surface area contributed by atoms with E-state index in [2.05, 4.69) is 26.9 Å². The summed E-state index contributed by atoms with van der Waals surface area (Å²) in [6, 6.07) is 0. The Balaban J connectivity index is 2.29. The van der Waals surface area contributed by atoms with Crippen molar-refractivity contribution in [1.29, 1.82) is 0 Å². The van der Waals surface area contributed by atoms with Gasteiger partial charge in [0.2, 0.25) is 10.0 Å². The van der Waals surface area contributed by atoms with Gasteiger partial charge in [0.15, 0.2) is 5.96 Å². The van der Waals surface area contributed by atoms with Gasteiger partial charge >= 0.3 is 0 Å². The van der Waals surface area contributed by atoms with Crippen molar-refractivity contribution in [3.05, 3.63) is 0 Å². The zero-order valence-corrected chi connectivity index (χ0v) is 14.2. The Bertz CT molecular complexity index is 412. The van der Waals surface area contributed by atoms with E-state index in [-0.39, 0.29) is 0 Å². The predicted octanol–water partition coefficient (Wildman–Crippen LogP) is 0.329. The Morgan fingerprint density at radius 2 is 2.20 bits per heavy atom. The van der Waals surface area contributed by atoms with E-state index < -0.39 is 10.0 Å². The van der Waals surface area contributed by atoms with E-state index in [9.17, 15) is 8.42 Å². The minimum atomic E-state index is -3.08. The quantitative estimate of drug-likeness (QED) is 0.419. The molecule has 2 N–H and O–H groups in total. The molecular weight excluding hydrogens is 296 g/mol. The molecule has 0 bridgehead atoms. The van der Waals surface area contributed by atoms with Crippen molar-refractivity contribution >= 4 is 27.7 Å². The van der Waals surface area contributed by atoms with Gasteiger partial charge in [0.05, 0.1) is 6.26 Å². The van der Waals surface area contributed by atoms with Crippen molar-refractivity contribution in [3.8, 4) is 0 Å². The highest BCUT2D eigenvalue weighted by Gasteiger charge is 2.21. The van der Waals surface area contributed by atoms with Crippen LogP contribution in [0.3, 0.4) is 0 Å². The van der Waals surface area contributed by atoms with Gasteiger partial charge in [-0.1, -0.05) is 6.92 Å². The third-order valence-electron chi connectivity index (χ3n) is 3.11. The number of sulfonamides is 1. The molecule has 1 atom stereocenters. The van der Waals surface area contributed by atoms with Gasteiger partial charge in [-0.2, -0.15) is 11.8 Å². The second-order valence-electron chi connectivity index (χ2n) is 4.84. The fourth-order valence-electron chi connectivity index (χ4n) is 2.04. The maximum absolute atomic E-state index is 10.9. The van der Waals surface area contributed by atoms with E-state index >= 15 is 0 Å². The number of rotatable bonds is 6. The third kappa shape index (κ3) is 6.81. The van der Waals surface area contributed by atoms with Crippen LogP contribution in [-0.4, -0.2) is 69.8 Å². The summed E-state index contributed by atoms with van der Waals surface area (Å²) in [5.74, 6) is 2.05. The molecule has 0 aromatic carbocycles. The SMILES string of the molecule is CCC1CN(C(=NC)NCCCNS(C)(=O)=O)CCS1. The lowest BCUT2D eigenvalue weighted by molar-refractivity contribution is 0.408. The molecule has 1 rings (SSSR count). The lowest BCUT2D eigenvalue weighted by Crippen LogP contribution is -2.48. The Morgan fingerprint density at radius 1 is 1.45 bits per heavy atom. The molecule has 0 amide bonds. The molecule has 1 fully saturated rings. The monoisotopic (exact) mass is 322 g/mol. The number of hydrogen-bond acceptors (Lipinski definition) is 4. The van der Waals surface area contributed by atoms with Crippen molar-refractivity contribution in [2.24, 2.45) is 4.99 Å². The summed E-state index contributed by atoms with van der Waals surface area (Å²) >= 11 is 2.03. The lowest BCUT2D eigenvalue weighted by atomic mass is 10.3. The number of hydrogen-bond donors (Lipinski definition) is 2. The van der Waals surface area contributed by atoms with Crippen LogP contribution in [-0.2, 0) is 10.0 Å².